The van der Waals surface area contributed by atoms with E-state index in [1.807, 2.05) is 6.07 Å². The number of benzene rings is 1. The van der Waals surface area contributed by atoms with Crippen LogP contribution >= 0.6 is 27.5 Å². The first-order valence-electron chi connectivity index (χ1n) is 7.44. The summed E-state index contributed by atoms with van der Waals surface area (Å²) < 4.78 is 0.940. The fraction of sp³-hybridized carbons (Fsp3) is 0.562. The Bertz CT molecular complexity index is 537. The maximum Gasteiger partial charge on any atom is 0.303 e. The maximum atomic E-state index is 10.9. The summed E-state index contributed by atoms with van der Waals surface area (Å²) in [6.45, 7) is 0.935. The van der Waals surface area contributed by atoms with Crippen LogP contribution in [0, 0.1) is 5.92 Å². The van der Waals surface area contributed by atoms with E-state index in [0.29, 0.717) is 24.4 Å². The van der Waals surface area contributed by atoms with E-state index in [-0.39, 0.29) is 0 Å². The van der Waals surface area contributed by atoms with Crippen molar-refractivity contribution in [3.05, 3.63) is 33.3 Å². The quantitative estimate of drug-likeness (QED) is 0.855. The molecule has 2 saturated heterocycles. The molecule has 0 saturated carbocycles. The average Bonchev–Trinajstić information content (AvgIpc) is 2.65. The van der Waals surface area contributed by atoms with Gasteiger partial charge in [0.15, 0.2) is 0 Å². The molecule has 3 nitrogen and oxygen atoms in total. The van der Waals surface area contributed by atoms with Crippen molar-refractivity contribution in [1.82, 2.24) is 4.90 Å². The van der Waals surface area contributed by atoms with Gasteiger partial charge in [-0.3, -0.25) is 9.69 Å². The molecular formula is C16H19BrClNO2. The number of carboxylic acid groups (broad SMARTS) is 1. The number of hydrogen-bond donors (Lipinski definition) is 1. The molecule has 0 amide bonds. The fourth-order valence-electron chi connectivity index (χ4n) is 3.91. The maximum absolute atomic E-state index is 10.9. The monoisotopic (exact) mass is 371 g/mol. The van der Waals surface area contributed by atoms with Gasteiger partial charge < -0.3 is 5.11 Å². The largest absolute Gasteiger partial charge is 0.481 e. The number of aliphatic carboxylic acids is 1. The van der Waals surface area contributed by atoms with E-state index in [1.54, 1.807) is 0 Å². The van der Waals surface area contributed by atoms with Crippen LogP contribution < -0.4 is 0 Å². The third kappa shape index (κ3) is 3.43. The highest BCUT2D eigenvalue weighted by Gasteiger charge is 2.40. The molecule has 0 aromatic heterocycles. The zero-order valence-electron chi connectivity index (χ0n) is 11.8. The minimum Gasteiger partial charge on any atom is -0.481 e. The van der Waals surface area contributed by atoms with Gasteiger partial charge in [0.2, 0.25) is 0 Å². The Balaban J connectivity index is 1.67. The van der Waals surface area contributed by atoms with E-state index >= 15 is 0 Å². The molecule has 2 unspecified atom stereocenters. The second kappa shape index (κ2) is 6.27. The molecule has 2 aliphatic rings. The molecule has 1 aromatic carbocycles. The summed E-state index contributed by atoms with van der Waals surface area (Å²) in [5, 5.41) is 9.72. The van der Waals surface area contributed by atoms with Gasteiger partial charge in [0, 0.05) is 29.5 Å². The van der Waals surface area contributed by atoms with Crippen LogP contribution in [-0.4, -0.2) is 28.1 Å². The van der Waals surface area contributed by atoms with Crippen LogP contribution in [0.5, 0.6) is 0 Å². The lowest BCUT2D eigenvalue weighted by Crippen LogP contribution is -2.42. The molecule has 2 bridgehead atoms. The van der Waals surface area contributed by atoms with E-state index in [4.69, 9.17) is 16.7 Å². The standard InChI is InChI=1S/C16H19BrClNO2/c17-14-7-10(1-4-15(14)18)9-19-12-2-3-13(19)6-11(5-12)8-16(20)21/h1,4,7,11-13H,2-3,5-6,8-9H2,(H,20,21). The topological polar surface area (TPSA) is 40.5 Å². The molecule has 3 rings (SSSR count). The highest BCUT2D eigenvalue weighted by Crippen LogP contribution is 2.41. The van der Waals surface area contributed by atoms with Crippen molar-refractivity contribution in [2.24, 2.45) is 5.92 Å². The van der Waals surface area contributed by atoms with Gasteiger partial charge in [0.25, 0.3) is 0 Å². The lowest BCUT2D eigenvalue weighted by atomic mass is 9.88. The number of nitrogens with zero attached hydrogens (tertiary/aromatic N) is 1. The first-order chi connectivity index (χ1) is 10.0. The Morgan fingerprint density at radius 2 is 2.00 bits per heavy atom. The van der Waals surface area contributed by atoms with Gasteiger partial charge in [-0.2, -0.15) is 0 Å². The van der Waals surface area contributed by atoms with Crippen molar-refractivity contribution in [1.29, 1.82) is 0 Å². The zero-order chi connectivity index (χ0) is 15.0. The van der Waals surface area contributed by atoms with Crippen molar-refractivity contribution in [3.8, 4) is 0 Å². The molecule has 1 N–H and O–H groups in total. The Hall–Kier alpha value is -0.580. The minimum atomic E-state index is -0.658. The molecule has 1 aromatic rings. The fourth-order valence-corrected chi connectivity index (χ4v) is 4.45. The number of carbonyl (C=O) groups is 1. The van der Waals surface area contributed by atoms with Gasteiger partial charge in [-0.05, 0) is 65.2 Å². The minimum absolute atomic E-state index is 0.327. The molecule has 0 aliphatic carbocycles. The third-order valence-electron chi connectivity index (χ3n) is 4.79. The number of fused-ring (bicyclic) bond motifs is 2. The van der Waals surface area contributed by atoms with Crippen LogP contribution in [0.4, 0.5) is 0 Å². The molecule has 2 fully saturated rings. The van der Waals surface area contributed by atoms with Crippen LogP contribution in [-0.2, 0) is 11.3 Å². The lowest BCUT2D eigenvalue weighted by molar-refractivity contribution is -0.138. The Morgan fingerprint density at radius 1 is 1.33 bits per heavy atom. The molecule has 5 heteroatoms. The Kier molecular flexibility index (Phi) is 4.57. The second-order valence-electron chi connectivity index (χ2n) is 6.24. The van der Waals surface area contributed by atoms with Gasteiger partial charge in [0.1, 0.15) is 0 Å². The van der Waals surface area contributed by atoms with Crippen LogP contribution in [0.2, 0.25) is 5.02 Å². The molecule has 0 radical (unpaired) electrons. The van der Waals surface area contributed by atoms with Gasteiger partial charge in [0.05, 0.1) is 5.02 Å². The second-order valence-corrected chi connectivity index (χ2v) is 7.50. The zero-order valence-corrected chi connectivity index (χ0v) is 14.1. The number of rotatable bonds is 4. The summed E-state index contributed by atoms with van der Waals surface area (Å²) in [6, 6.07) is 7.19. The van der Waals surface area contributed by atoms with Crippen LogP contribution in [0.1, 0.15) is 37.7 Å². The van der Waals surface area contributed by atoms with Crippen LogP contribution in [0.15, 0.2) is 22.7 Å². The number of hydrogen-bond acceptors (Lipinski definition) is 2. The van der Waals surface area contributed by atoms with Crippen molar-refractivity contribution >= 4 is 33.5 Å². The Labute approximate surface area is 138 Å². The molecule has 2 atom stereocenters. The van der Waals surface area contributed by atoms with Gasteiger partial charge in [-0.1, -0.05) is 17.7 Å². The summed E-state index contributed by atoms with van der Waals surface area (Å²) in [5.41, 5.74) is 1.26. The molecule has 114 valence electrons. The van der Waals surface area contributed by atoms with E-state index < -0.39 is 5.97 Å². The summed E-state index contributed by atoms with van der Waals surface area (Å²) in [6.07, 6.45) is 4.79. The van der Waals surface area contributed by atoms with Gasteiger partial charge in [-0.25, -0.2) is 0 Å². The number of halogens is 2. The predicted octanol–water partition coefficient (Wildman–Crippen LogP) is 4.32. The average molecular weight is 373 g/mol. The van der Waals surface area contributed by atoms with Crippen molar-refractivity contribution < 1.29 is 9.90 Å². The first-order valence-corrected chi connectivity index (χ1v) is 8.61. The van der Waals surface area contributed by atoms with Crippen molar-refractivity contribution in [3.63, 3.8) is 0 Å². The summed E-state index contributed by atoms with van der Waals surface area (Å²) in [7, 11) is 0. The predicted molar refractivity (Wildman–Crippen MR) is 86.5 cm³/mol. The highest BCUT2D eigenvalue weighted by molar-refractivity contribution is 9.10. The smallest absolute Gasteiger partial charge is 0.303 e. The third-order valence-corrected chi connectivity index (χ3v) is 6.01. The summed E-state index contributed by atoms with van der Waals surface area (Å²) in [5.74, 6) is -0.303. The summed E-state index contributed by atoms with van der Waals surface area (Å²) >= 11 is 9.52. The first kappa shape index (κ1) is 15.3. The van der Waals surface area contributed by atoms with E-state index in [2.05, 4.69) is 33.0 Å². The van der Waals surface area contributed by atoms with E-state index in [9.17, 15) is 4.79 Å². The molecule has 0 spiro atoms. The molecule has 2 aliphatic heterocycles. The number of piperidine rings is 1. The SMILES string of the molecule is O=C(O)CC1CC2CCC(C1)N2Cc1ccc(Cl)c(Br)c1. The normalized spacial score (nSPS) is 28.8. The summed E-state index contributed by atoms with van der Waals surface area (Å²) in [4.78, 5) is 13.5. The van der Waals surface area contributed by atoms with Crippen molar-refractivity contribution in [2.75, 3.05) is 0 Å². The van der Waals surface area contributed by atoms with Gasteiger partial charge >= 0.3 is 5.97 Å². The molecule has 21 heavy (non-hydrogen) atoms. The van der Waals surface area contributed by atoms with Crippen LogP contribution in [0.3, 0.4) is 0 Å². The van der Waals surface area contributed by atoms with E-state index in [1.165, 1.54) is 18.4 Å². The Morgan fingerprint density at radius 3 is 2.57 bits per heavy atom. The molecular weight excluding hydrogens is 354 g/mol. The lowest BCUT2D eigenvalue weighted by Gasteiger charge is -2.38. The van der Waals surface area contributed by atoms with Crippen molar-refractivity contribution in [2.45, 2.75) is 50.7 Å². The number of carboxylic acids is 1. The van der Waals surface area contributed by atoms with Crippen LogP contribution in [0.25, 0.3) is 0 Å². The highest BCUT2D eigenvalue weighted by atomic mass is 79.9. The molecule has 2 heterocycles. The van der Waals surface area contributed by atoms with Gasteiger partial charge in [-0.15, -0.1) is 0 Å². The van der Waals surface area contributed by atoms with E-state index in [0.717, 1.165) is 28.9 Å².